The van der Waals surface area contributed by atoms with E-state index in [0.29, 0.717) is 23.8 Å². The topological polar surface area (TPSA) is 84.1 Å². The summed E-state index contributed by atoms with van der Waals surface area (Å²) in [6.45, 7) is 2.67. The fraction of sp³-hybridized carbons (Fsp3) is 0.133. The molecule has 0 aliphatic carbocycles. The van der Waals surface area contributed by atoms with Crippen LogP contribution in [0.25, 0.3) is 44.5 Å². The Hall–Kier alpha value is -4.22. The van der Waals surface area contributed by atoms with Crippen LogP contribution in [0.15, 0.2) is 97.1 Å². The molecule has 0 amide bonds. The lowest BCUT2D eigenvalue weighted by Gasteiger charge is -2.15. The Kier molecular flexibility index (Phi) is 6.42. The van der Waals surface area contributed by atoms with Gasteiger partial charge in [0.15, 0.2) is 5.82 Å². The van der Waals surface area contributed by atoms with Crippen molar-refractivity contribution in [3.63, 3.8) is 0 Å². The first-order valence-corrected chi connectivity index (χ1v) is 11.9. The quantitative estimate of drug-likeness (QED) is 0.259. The van der Waals surface area contributed by atoms with Crippen molar-refractivity contribution in [1.29, 1.82) is 0 Å². The van der Waals surface area contributed by atoms with Crippen LogP contribution in [0.3, 0.4) is 0 Å². The highest BCUT2D eigenvalue weighted by Crippen LogP contribution is 2.35. The molecule has 4 aromatic carbocycles. The third-order valence-electron chi connectivity index (χ3n) is 6.20. The van der Waals surface area contributed by atoms with Crippen LogP contribution in [0.5, 0.6) is 5.75 Å². The fourth-order valence-corrected chi connectivity index (χ4v) is 4.11. The second kappa shape index (κ2) is 9.95. The van der Waals surface area contributed by atoms with Crippen molar-refractivity contribution in [2.24, 2.45) is 5.73 Å². The number of anilines is 1. The van der Waals surface area contributed by atoms with Gasteiger partial charge in [0.05, 0.1) is 11.1 Å². The molecule has 5 rings (SSSR count). The number of phenols is 1. The number of phenolic OH excluding ortho intramolecular Hbond substituents is 1. The summed E-state index contributed by atoms with van der Waals surface area (Å²) < 4.78 is 0. The molecule has 0 radical (unpaired) electrons. The van der Waals surface area contributed by atoms with Crippen molar-refractivity contribution >= 4 is 16.7 Å². The highest BCUT2D eigenvalue weighted by atomic mass is 16.3. The van der Waals surface area contributed by atoms with E-state index < -0.39 is 0 Å². The average Bonchev–Trinajstić information content (AvgIpc) is 2.92. The van der Waals surface area contributed by atoms with Gasteiger partial charge in [0, 0.05) is 18.0 Å². The molecule has 0 aliphatic heterocycles. The number of hydrogen-bond acceptors (Lipinski definition) is 5. The average molecular weight is 461 g/mol. The Balaban J connectivity index is 1.57. The molecule has 0 bridgehead atoms. The minimum atomic E-state index is 0.0285. The van der Waals surface area contributed by atoms with Crippen LogP contribution < -0.4 is 11.1 Å². The Morgan fingerprint density at radius 3 is 2.26 bits per heavy atom. The van der Waals surface area contributed by atoms with Crippen LogP contribution in [-0.2, 0) is 0 Å². The van der Waals surface area contributed by atoms with Crippen LogP contribution in [0.2, 0.25) is 0 Å². The molecule has 5 nitrogen and oxygen atoms in total. The van der Waals surface area contributed by atoms with Crippen molar-refractivity contribution in [2.45, 2.75) is 19.4 Å². The molecule has 0 fully saturated rings. The van der Waals surface area contributed by atoms with Crippen LogP contribution in [-0.4, -0.2) is 27.7 Å². The highest BCUT2D eigenvalue weighted by Gasteiger charge is 2.14. The van der Waals surface area contributed by atoms with Gasteiger partial charge >= 0.3 is 0 Å². The number of nitrogens with one attached hydrogen (secondary N) is 1. The summed E-state index contributed by atoms with van der Waals surface area (Å²) in [6.07, 6.45) is 0.869. The van der Waals surface area contributed by atoms with Gasteiger partial charge in [-0.05, 0) is 59.0 Å². The first-order chi connectivity index (χ1) is 17.1. The van der Waals surface area contributed by atoms with Crippen molar-refractivity contribution < 1.29 is 5.11 Å². The summed E-state index contributed by atoms with van der Waals surface area (Å²) in [4.78, 5) is 9.57. The lowest BCUT2D eigenvalue weighted by Crippen LogP contribution is -2.28. The van der Waals surface area contributed by atoms with Gasteiger partial charge in [-0.15, -0.1) is 0 Å². The minimum absolute atomic E-state index is 0.0285. The van der Waals surface area contributed by atoms with Crippen LogP contribution in [0, 0.1) is 0 Å². The molecule has 5 heteroatoms. The standard InChI is InChI=1S/C30H28N4O/c1-2-24(31)19-32-29-25-13-6-7-14-27(25)33-30(34-29)26-18-23(15-16-28(26)35)22-12-8-11-21(17-22)20-9-4-3-5-10-20/h3-18,24,35H,2,19,31H2,1H3,(H,32,33,34)/t24-/m1/s1. The summed E-state index contributed by atoms with van der Waals surface area (Å²) in [5.41, 5.74) is 11.9. The van der Waals surface area contributed by atoms with E-state index >= 15 is 0 Å². The fourth-order valence-electron chi connectivity index (χ4n) is 4.11. The van der Waals surface area contributed by atoms with Gasteiger partial charge in [-0.3, -0.25) is 0 Å². The normalized spacial score (nSPS) is 11.9. The smallest absolute Gasteiger partial charge is 0.165 e. The first-order valence-electron chi connectivity index (χ1n) is 11.9. The maximum Gasteiger partial charge on any atom is 0.165 e. The van der Waals surface area contributed by atoms with Crippen LogP contribution in [0.1, 0.15) is 13.3 Å². The van der Waals surface area contributed by atoms with E-state index in [1.807, 2.05) is 54.6 Å². The molecule has 1 atom stereocenters. The Morgan fingerprint density at radius 1 is 0.771 bits per heavy atom. The van der Waals surface area contributed by atoms with E-state index in [4.69, 9.17) is 15.7 Å². The molecular weight excluding hydrogens is 432 g/mol. The number of aromatic hydroxyl groups is 1. The van der Waals surface area contributed by atoms with Crippen molar-refractivity contribution in [1.82, 2.24) is 9.97 Å². The molecule has 0 saturated heterocycles. The third-order valence-corrected chi connectivity index (χ3v) is 6.20. The van der Waals surface area contributed by atoms with E-state index in [1.54, 1.807) is 6.07 Å². The second-order valence-electron chi connectivity index (χ2n) is 8.64. The number of aromatic nitrogens is 2. The van der Waals surface area contributed by atoms with Gasteiger partial charge in [-0.25, -0.2) is 9.97 Å². The van der Waals surface area contributed by atoms with Crippen molar-refractivity contribution in [3.8, 4) is 39.4 Å². The number of benzene rings is 4. The third kappa shape index (κ3) is 4.86. The number of hydrogen-bond donors (Lipinski definition) is 3. The molecule has 174 valence electrons. The van der Waals surface area contributed by atoms with Gasteiger partial charge < -0.3 is 16.2 Å². The van der Waals surface area contributed by atoms with E-state index in [2.05, 4.69) is 48.6 Å². The van der Waals surface area contributed by atoms with Crippen LogP contribution >= 0.6 is 0 Å². The van der Waals surface area contributed by atoms with E-state index in [0.717, 1.165) is 39.6 Å². The summed E-state index contributed by atoms with van der Waals surface area (Å²) in [6, 6.07) is 32.1. The zero-order chi connectivity index (χ0) is 24.2. The van der Waals surface area contributed by atoms with Gasteiger partial charge in [0.2, 0.25) is 0 Å². The summed E-state index contributed by atoms with van der Waals surface area (Å²) in [5.74, 6) is 1.32. The Bertz CT molecular complexity index is 1470. The molecule has 0 saturated carbocycles. The molecule has 1 heterocycles. The first kappa shape index (κ1) is 22.6. The Morgan fingerprint density at radius 2 is 1.46 bits per heavy atom. The van der Waals surface area contributed by atoms with Crippen LogP contribution in [0.4, 0.5) is 5.82 Å². The van der Waals surface area contributed by atoms with Gasteiger partial charge in [0.25, 0.3) is 0 Å². The van der Waals surface area contributed by atoms with E-state index in [-0.39, 0.29) is 11.8 Å². The maximum absolute atomic E-state index is 10.8. The molecule has 1 aromatic heterocycles. The van der Waals surface area contributed by atoms with Crippen molar-refractivity contribution in [2.75, 3.05) is 11.9 Å². The number of para-hydroxylation sites is 1. The Labute approximate surface area is 205 Å². The highest BCUT2D eigenvalue weighted by molar-refractivity contribution is 5.91. The second-order valence-corrected chi connectivity index (χ2v) is 8.64. The summed E-state index contributed by atoms with van der Waals surface area (Å²) in [5, 5.41) is 15.1. The number of nitrogens with two attached hydrogens (primary N) is 1. The van der Waals surface area contributed by atoms with Gasteiger partial charge in [0.1, 0.15) is 11.6 Å². The maximum atomic E-state index is 10.8. The number of nitrogens with zero attached hydrogens (tertiary/aromatic N) is 2. The molecular formula is C30H28N4O. The monoisotopic (exact) mass is 460 g/mol. The summed E-state index contributed by atoms with van der Waals surface area (Å²) in [7, 11) is 0. The lowest BCUT2D eigenvalue weighted by atomic mass is 9.97. The van der Waals surface area contributed by atoms with E-state index in [9.17, 15) is 5.11 Å². The predicted molar refractivity (Wildman–Crippen MR) is 144 cm³/mol. The SMILES string of the molecule is CC[C@@H](N)CNc1nc(-c2cc(-c3cccc(-c4ccccc4)c3)ccc2O)nc2ccccc12. The molecule has 4 N–H and O–H groups in total. The molecule has 0 spiro atoms. The van der Waals surface area contributed by atoms with Gasteiger partial charge in [-0.2, -0.15) is 0 Å². The number of fused-ring (bicyclic) bond motifs is 1. The predicted octanol–water partition coefficient (Wildman–Crippen LogP) is 6.49. The largest absolute Gasteiger partial charge is 0.507 e. The van der Waals surface area contributed by atoms with Crippen molar-refractivity contribution in [3.05, 3.63) is 97.1 Å². The molecule has 0 unspecified atom stereocenters. The molecule has 35 heavy (non-hydrogen) atoms. The van der Waals surface area contributed by atoms with E-state index in [1.165, 1.54) is 0 Å². The lowest BCUT2D eigenvalue weighted by molar-refractivity contribution is 0.477. The molecule has 0 aliphatic rings. The van der Waals surface area contributed by atoms with Gasteiger partial charge in [-0.1, -0.05) is 73.7 Å². The summed E-state index contributed by atoms with van der Waals surface area (Å²) >= 11 is 0. The zero-order valence-corrected chi connectivity index (χ0v) is 19.6. The molecule has 5 aromatic rings. The minimum Gasteiger partial charge on any atom is -0.507 e. The number of rotatable bonds is 7. The zero-order valence-electron chi connectivity index (χ0n) is 19.6.